The number of ether oxygens (including phenoxy) is 1. The van der Waals surface area contributed by atoms with Crippen molar-refractivity contribution in [1.82, 2.24) is 9.88 Å². The molecular formula is C16H19BrF5N3O3S2. The second-order valence-corrected chi connectivity index (χ2v) is 11.6. The van der Waals surface area contributed by atoms with Gasteiger partial charge in [0.25, 0.3) is 10.0 Å². The third-order valence-corrected chi connectivity index (χ3v) is 6.61. The fourth-order valence-corrected chi connectivity index (χ4v) is 4.27. The van der Waals surface area contributed by atoms with Crippen molar-refractivity contribution in [3.63, 3.8) is 0 Å². The molecule has 0 aliphatic carbocycles. The number of hydrogen-bond acceptors (Lipinski definition) is 5. The SMILES string of the molecule is CN(C)CCCOc1ncc(Br)cc1NS(=O)(=O)c1ccc(S(F)(F)(F)(F)F)cc1. The molecule has 0 bridgehead atoms. The standard InChI is InChI=1S/C16H19BrF5N3O3S2/c1-25(2)8-3-9-28-16-15(10-12(17)11-23-16)24-29(26,27)13-4-6-14(7-5-13)30(18,19,20,21)22/h4-7,10-11,24H,3,8-9H2,1-2H3. The minimum atomic E-state index is -9.90. The number of sulfonamides is 1. The third-order valence-electron chi connectivity index (χ3n) is 3.63. The molecule has 0 spiro atoms. The monoisotopic (exact) mass is 539 g/mol. The molecule has 14 heteroatoms. The van der Waals surface area contributed by atoms with Gasteiger partial charge >= 0.3 is 10.2 Å². The van der Waals surface area contributed by atoms with Crippen LogP contribution in [0.3, 0.4) is 0 Å². The lowest BCUT2D eigenvalue weighted by Gasteiger charge is -2.40. The fourth-order valence-electron chi connectivity index (χ4n) is 2.24. The van der Waals surface area contributed by atoms with Gasteiger partial charge in [0, 0.05) is 17.2 Å². The first-order valence-electron chi connectivity index (χ1n) is 8.28. The molecule has 1 heterocycles. The summed E-state index contributed by atoms with van der Waals surface area (Å²) in [6.45, 7) is 0.955. The van der Waals surface area contributed by atoms with Gasteiger partial charge in [-0.05, 0) is 66.8 Å². The van der Waals surface area contributed by atoms with E-state index in [1.54, 1.807) is 0 Å². The van der Waals surface area contributed by atoms with E-state index in [0.717, 1.165) is 6.54 Å². The van der Waals surface area contributed by atoms with E-state index in [1.165, 1.54) is 12.3 Å². The first-order chi connectivity index (χ1) is 13.5. The number of pyridine rings is 1. The van der Waals surface area contributed by atoms with Crippen molar-refractivity contribution in [2.24, 2.45) is 0 Å². The Bertz CT molecular complexity index is 1020. The Kier molecular flexibility index (Phi) is 6.41. The molecule has 0 aliphatic heterocycles. The summed E-state index contributed by atoms with van der Waals surface area (Å²) in [7, 11) is -10.5. The predicted octanol–water partition coefficient (Wildman–Crippen LogP) is 5.63. The molecule has 1 N–H and O–H groups in total. The van der Waals surface area contributed by atoms with E-state index in [2.05, 4.69) is 25.6 Å². The highest BCUT2D eigenvalue weighted by Gasteiger charge is 2.65. The molecule has 0 unspecified atom stereocenters. The maximum Gasteiger partial charge on any atom is 0.310 e. The third kappa shape index (κ3) is 6.96. The van der Waals surface area contributed by atoms with E-state index in [9.17, 15) is 27.8 Å². The molecule has 0 saturated heterocycles. The van der Waals surface area contributed by atoms with Crippen LogP contribution in [-0.4, -0.2) is 45.5 Å². The van der Waals surface area contributed by atoms with E-state index < -0.39 is 30.0 Å². The number of halogens is 6. The van der Waals surface area contributed by atoms with Gasteiger partial charge in [0.15, 0.2) is 0 Å². The van der Waals surface area contributed by atoms with Crippen molar-refractivity contribution in [3.8, 4) is 5.88 Å². The van der Waals surface area contributed by atoms with Gasteiger partial charge < -0.3 is 9.64 Å². The number of nitrogens with one attached hydrogen (secondary N) is 1. The largest absolute Gasteiger partial charge is 0.476 e. The molecule has 2 aromatic rings. The van der Waals surface area contributed by atoms with Gasteiger partial charge in [0.1, 0.15) is 10.6 Å². The van der Waals surface area contributed by atoms with E-state index in [4.69, 9.17) is 4.74 Å². The highest BCUT2D eigenvalue weighted by Crippen LogP contribution is 3.02. The van der Waals surface area contributed by atoms with Gasteiger partial charge in [0.2, 0.25) is 5.88 Å². The maximum atomic E-state index is 12.8. The van der Waals surface area contributed by atoms with Gasteiger partial charge in [-0.25, -0.2) is 13.4 Å². The van der Waals surface area contributed by atoms with Crippen LogP contribution in [0.15, 0.2) is 50.8 Å². The molecule has 0 radical (unpaired) electrons. The molecule has 1 aromatic heterocycles. The Hall–Kier alpha value is -1.64. The molecule has 170 valence electrons. The van der Waals surface area contributed by atoms with Crippen LogP contribution in [0, 0.1) is 0 Å². The number of anilines is 1. The summed E-state index contributed by atoms with van der Waals surface area (Å²) in [4.78, 5) is 3.10. The zero-order chi connectivity index (χ0) is 22.9. The van der Waals surface area contributed by atoms with Crippen LogP contribution in [0.2, 0.25) is 0 Å². The number of hydrogen-bond donors (Lipinski definition) is 1. The van der Waals surface area contributed by atoms with Crippen LogP contribution in [0.1, 0.15) is 6.42 Å². The Morgan fingerprint density at radius 2 is 1.73 bits per heavy atom. The van der Waals surface area contributed by atoms with E-state index >= 15 is 0 Å². The molecule has 1 aromatic carbocycles. The van der Waals surface area contributed by atoms with Crippen LogP contribution in [-0.2, 0) is 10.0 Å². The normalized spacial score (nSPS) is 14.8. The van der Waals surface area contributed by atoms with Crippen LogP contribution in [0.25, 0.3) is 0 Å². The summed E-state index contributed by atoms with van der Waals surface area (Å²) >= 11 is 3.14. The van der Waals surface area contributed by atoms with Crippen LogP contribution < -0.4 is 9.46 Å². The number of rotatable bonds is 9. The molecule has 0 saturated carbocycles. The Balaban J connectivity index is 2.26. The topological polar surface area (TPSA) is 71.5 Å². The summed E-state index contributed by atoms with van der Waals surface area (Å²) in [6, 6.07) is 2.34. The lowest BCUT2D eigenvalue weighted by molar-refractivity contribution is 0.274. The highest BCUT2D eigenvalue weighted by atomic mass is 79.9. The fraction of sp³-hybridized carbons (Fsp3) is 0.312. The van der Waals surface area contributed by atoms with Crippen molar-refractivity contribution in [2.45, 2.75) is 16.2 Å². The maximum absolute atomic E-state index is 12.8. The number of benzene rings is 1. The van der Waals surface area contributed by atoms with E-state index in [-0.39, 0.29) is 30.3 Å². The molecule has 0 fully saturated rings. The quantitative estimate of drug-likeness (QED) is 0.330. The first kappa shape index (κ1) is 24.6. The van der Waals surface area contributed by atoms with Crippen molar-refractivity contribution < 1.29 is 32.6 Å². The van der Waals surface area contributed by atoms with Crippen molar-refractivity contribution in [3.05, 3.63) is 41.0 Å². The van der Waals surface area contributed by atoms with E-state index in [0.29, 0.717) is 23.0 Å². The summed E-state index contributed by atoms with van der Waals surface area (Å²) in [5.41, 5.74) is -0.0639. The number of nitrogens with zero attached hydrogens (tertiary/aromatic N) is 2. The highest BCUT2D eigenvalue weighted by molar-refractivity contribution is 9.10. The summed E-state index contributed by atoms with van der Waals surface area (Å²) in [5.74, 6) is -0.0378. The molecule has 0 amide bonds. The van der Waals surface area contributed by atoms with Gasteiger partial charge in [-0.1, -0.05) is 19.4 Å². The minimum Gasteiger partial charge on any atom is -0.476 e. The van der Waals surface area contributed by atoms with Gasteiger partial charge in [-0.2, -0.15) is 0 Å². The predicted molar refractivity (Wildman–Crippen MR) is 109 cm³/mol. The van der Waals surface area contributed by atoms with Crippen LogP contribution in [0.5, 0.6) is 5.88 Å². The summed E-state index contributed by atoms with van der Waals surface area (Å²) in [5, 5.41) is 0. The lowest BCUT2D eigenvalue weighted by Crippen LogP contribution is -2.17. The van der Waals surface area contributed by atoms with Gasteiger partial charge in [0.05, 0.1) is 11.5 Å². The van der Waals surface area contributed by atoms with Crippen molar-refractivity contribution in [2.75, 3.05) is 32.0 Å². The van der Waals surface area contributed by atoms with Crippen molar-refractivity contribution in [1.29, 1.82) is 0 Å². The molecular weight excluding hydrogens is 521 g/mol. The molecule has 30 heavy (non-hydrogen) atoms. The number of aromatic nitrogens is 1. The smallest absolute Gasteiger partial charge is 0.310 e. The average molecular weight is 540 g/mol. The Morgan fingerprint density at radius 1 is 1.13 bits per heavy atom. The zero-order valence-electron chi connectivity index (χ0n) is 15.8. The molecule has 0 aliphatic rings. The zero-order valence-corrected chi connectivity index (χ0v) is 19.0. The average Bonchev–Trinajstić information content (AvgIpc) is 2.58. The Labute approximate surface area is 179 Å². The minimum absolute atomic E-state index is 0.0357. The molecule has 2 rings (SSSR count). The summed E-state index contributed by atoms with van der Waals surface area (Å²) in [6.07, 6.45) is 2.01. The van der Waals surface area contributed by atoms with Gasteiger partial charge in [-0.15, -0.1) is 0 Å². The Morgan fingerprint density at radius 3 is 2.27 bits per heavy atom. The second kappa shape index (κ2) is 7.80. The lowest BCUT2D eigenvalue weighted by atomic mass is 10.4. The molecule has 6 nitrogen and oxygen atoms in total. The van der Waals surface area contributed by atoms with Gasteiger partial charge in [-0.3, -0.25) is 4.72 Å². The van der Waals surface area contributed by atoms with E-state index in [1.807, 2.05) is 19.0 Å². The van der Waals surface area contributed by atoms with Crippen LogP contribution >= 0.6 is 26.2 Å². The first-order valence-corrected chi connectivity index (χ1v) is 12.5. The van der Waals surface area contributed by atoms with Crippen molar-refractivity contribution >= 4 is 41.9 Å². The second-order valence-electron chi connectivity index (χ2n) is 6.56. The molecule has 0 atom stereocenters. The van der Waals surface area contributed by atoms with Crippen LogP contribution in [0.4, 0.5) is 25.1 Å². The summed E-state index contributed by atoms with van der Waals surface area (Å²) < 4.78 is 97.2.